The van der Waals surface area contributed by atoms with E-state index in [0.717, 1.165) is 24.6 Å². The van der Waals surface area contributed by atoms with Crippen LogP contribution in [0.1, 0.15) is 29.2 Å². The number of carboxylic acid groups (broad SMARTS) is 1. The average molecular weight is 279 g/mol. The smallest absolute Gasteiger partial charge is 0.344 e. The maximum absolute atomic E-state index is 11.6. The standard InChI is InChI=1S/C10H9N5O3S/c16-8(17)6-3-4-11-12-7(6)19-10-14-13-9(18)15(10)5-1-2-5/h3-5H,1-2H2,(H,13,18)(H,16,17). The third-order valence-electron chi connectivity index (χ3n) is 2.69. The second-order valence-corrected chi connectivity index (χ2v) is 5.03. The molecule has 1 aliphatic carbocycles. The van der Waals surface area contributed by atoms with Crippen LogP contribution in [0.2, 0.25) is 0 Å². The van der Waals surface area contributed by atoms with Crippen LogP contribution >= 0.6 is 11.8 Å². The van der Waals surface area contributed by atoms with Crippen LogP contribution in [0.25, 0.3) is 0 Å². The molecule has 2 N–H and O–H groups in total. The fourth-order valence-corrected chi connectivity index (χ4v) is 2.61. The van der Waals surface area contributed by atoms with Crippen molar-refractivity contribution in [2.45, 2.75) is 29.1 Å². The van der Waals surface area contributed by atoms with Gasteiger partial charge in [-0.2, -0.15) is 5.10 Å². The van der Waals surface area contributed by atoms with Gasteiger partial charge in [0, 0.05) is 6.04 Å². The first-order valence-electron chi connectivity index (χ1n) is 5.56. The number of nitrogens with one attached hydrogen (secondary N) is 1. The fraction of sp³-hybridized carbons (Fsp3) is 0.300. The van der Waals surface area contributed by atoms with E-state index in [9.17, 15) is 9.59 Å². The summed E-state index contributed by atoms with van der Waals surface area (Å²) in [7, 11) is 0. The summed E-state index contributed by atoms with van der Waals surface area (Å²) >= 11 is 1.02. The highest BCUT2D eigenvalue weighted by molar-refractivity contribution is 7.99. The van der Waals surface area contributed by atoms with Gasteiger partial charge in [-0.1, -0.05) is 0 Å². The van der Waals surface area contributed by atoms with Gasteiger partial charge in [-0.25, -0.2) is 14.7 Å². The summed E-state index contributed by atoms with van der Waals surface area (Å²) in [5.74, 6) is -1.09. The van der Waals surface area contributed by atoms with Crippen molar-refractivity contribution in [3.05, 3.63) is 28.3 Å². The quantitative estimate of drug-likeness (QED) is 0.839. The van der Waals surface area contributed by atoms with E-state index in [1.165, 1.54) is 16.8 Å². The molecule has 1 saturated carbocycles. The van der Waals surface area contributed by atoms with Gasteiger partial charge in [0.1, 0.15) is 5.03 Å². The van der Waals surface area contributed by atoms with Crippen molar-refractivity contribution < 1.29 is 9.90 Å². The Hall–Kier alpha value is -2.16. The minimum atomic E-state index is -1.09. The molecule has 0 atom stereocenters. The largest absolute Gasteiger partial charge is 0.478 e. The Balaban J connectivity index is 1.98. The monoisotopic (exact) mass is 279 g/mol. The number of rotatable bonds is 4. The van der Waals surface area contributed by atoms with Crippen LogP contribution in [0.5, 0.6) is 0 Å². The van der Waals surface area contributed by atoms with Crippen LogP contribution in [0, 0.1) is 0 Å². The van der Waals surface area contributed by atoms with Crippen LogP contribution in [-0.4, -0.2) is 36.0 Å². The lowest BCUT2D eigenvalue weighted by molar-refractivity contribution is 0.0692. The van der Waals surface area contributed by atoms with Crippen molar-refractivity contribution in [1.82, 2.24) is 25.0 Å². The number of aromatic carboxylic acids is 1. The first-order chi connectivity index (χ1) is 9.16. The van der Waals surface area contributed by atoms with Crippen LogP contribution in [0.3, 0.4) is 0 Å². The summed E-state index contributed by atoms with van der Waals surface area (Å²) in [6.07, 6.45) is 3.17. The first kappa shape index (κ1) is 11.9. The number of aromatic amines is 1. The van der Waals surface area contributed by atoms with Crippen LogP contribution in [0.15, 0.2) is 27.2 Å². The van der Waals surface area contributed by atoms with E-state index in [-0.39, 0.29) is 22.3 Å². The van der Waals surface area contributed by atoms with Gasteiger partial charge in [-0.15, -0.1) is 10.2 Å². The SMILES string of the molecule is O=C(O)c1ccnnc1Sc1n[nH]c(=O)n1C1CC1. The van der Waals surface area contributed by atoms with Crippen molar-refractivity contribution in [2.75, 3.05) is 0 Å². The predicted octanol–water partition coefficient (Wildman–Crippen LogP) is 0.546. The lowest BCUT2D eigenvalue weighted by Crippen LogP contribution is -2.16. The molecule has 0 unspecified atom stereocenters. The Labute approximate surface area is 110 Å². The van der Waals surface area contributed by atoms with Gasteiger partial charge in [0.25, 0.3) is 0 Å². The third kappa shape index (κ3) is 2.24. The maximum atomic E-state index is 11.6. The van der Waals surface area contributed by atoms with E-state index < -0.39 is 5.97 Å². The molecule has 19 heavy (non-hydrogen) atoms. The molecule has 8 nitrogen and oxygen atoms in total. The van der Waals surface area contributed by atoms with Crippen molar-refractivity contribution in [3.8, 4) is 0 Å². The molecule has 0 radical (unpaired) electrons. The Kier molecular flexibility index (Phi) is 2.82. The molecule has 0 amide bonds. The molecule has 98 valence electrons. The Morgan fingerprint density at radius 2 is 2.32 bits per heavy atom. The average Bonchev–Trinajstić information content (AvgIpc) is 3.15. The first-order valence-corrected chi connectivity index (χ1v) is 6.38. The van der Waals surface area contributed by atoms with Crippen molar-refractivity contribution in [3.63, 3.8) is 0 Å². The Bertz CT molecular complexity index is 690. The second-order valence-electron chi connectivity index (χ2n) is 4.07. The fourth-order valence-electron chi connectivity index (χ4n) is 1.66. The van der Waals surface area contributed by atoms with E-state index in [4.69, 9.17) is 5.11 Å². The van der Waals surface area contributed by atoms with E-state index in [2.05, 4.69) is 20.4 Å². The number of hydrogen-bond donors (Lipinski definition) is 2. The molecule has 1 fully saturated rings. The summed E-state index contributed by atoms with van der Waals surface area (Å²) in [6, 6.07) is 1.52. The maximum Gasteiger partial charge on any atom is 0.344 e. The highest BCUT2D eigenvalue weighted by Gasteiger charge is 2.29. The summed E-state index contributed by atoms with van der Waals surface area (Å²) in [4.78, 5) is 22.7. The molecule has 0 aliphatic heterocycles. The van der Waals surface area contributed by atoms with E-state index >= 15 is 0 Å². The summed E-state index contributed by atoms with van der Waals surface area (Å²) in [5, 5.41) is 23.4. The van der Waals surface area contributed by atoms with E-state index in [1.807, 2.05) is 0 Å². The van der Waals surface area contributed by atoms with Crippen molar-refractivity contribution in [1.29, 1.82) is 0 Å². The van der Waals surface area contributed by atoms with Gasteiger partial charge in [-0.3, -0.25) is 4.57 Å². The summed E-state index contributed by atoms with van der Waals surface area (Å²) in [5.41, 5.74) is -0.247. The molecule has 3 rings (SSSR count). The number of carboxylic acids is 1. The zero-order valence-electron chi connectivity index (χ0n) is 9.61. The van der Waals surface area contributed by atoms with Crippen molar-refractivity contribution in [2.24, 2.45) is 0 Å². The molecule has 0 saturated heterocycles. The van der Waals surface area contributed by atoms with Gasteiger partial charge in [0.05, 0.1) is 11.8 Å². The molecule has 9 heteroatoms. The summed E-state index contributed by atoms with van der Waals surface area (Å²) in [6.45, 7) is 0. The topological polar surface area (TPSA) is 114 Å². The number of aromatic nitrogens is 5. The molecule has 2 heterocycles. The molecular weight excluding hydrogens is 270 g/mol. The molecule has 1 aliphatic rings. The minimum Gasteiger partial charge on any atom is -0.478 e. The Morgan fingerprint density at radius 3 is 3.00 bits per heavy atom. The minimum absolute atomic E-state index is 0.0396. The lowest BCUT2D eigenvalue weighted by Gasteiger charge is -2.04. The van der Waals surface area contributed by atoms with E-state index in [1.54, 1.807) is 0 Å². The normalized spacial score (nSPS) is 14.5. The van der Waals surface area contributed by atoms with Crippen molar-refractivity contribution >= 4 is 17.7 Å². The zero-order chi connectivity index (χ0) is 13.4. The van der Waals surface area contributed by atoms with Gasteiger partial charge in [-0.05, 0) is 30.7 Å². The molecule has 0 aromatic carbocycles. The predicted molar refractivity (Wildman–Crippen MR) is 64.2 cm³/mol. The second kappa shape index (κ2) is 4.50. The number of H-pyrrole nitrogens is 1. The third-order valence-corrected chi connectivity index (χ3v) is 3.65. The van der Waals surface area contributed by atoms with E-state index in [0.29, 0.717) is 5.16 Å². The number of nitrogens with zero attached hydrogens (tertiary/aromatic N) is 4. The number of hydrogen-bond acceptors (Lipinski definition) is 6. The Morgan fingerprint density at radius 1 is 1.53 bits per heavy atom. The van der Waals surface area contributed by atoms with Gasteiger partial charge >= 0.3 is 11.7 Å². The molecule has 2 aromatic heterocycles. The molecule has 0 bridgehead atoms. The summed E-state index contributed by atoms with van der Waals surface area (Å²) < 4.78 is 1.53. The molecule has 2 aromatic rings. The van der Waals surface area contributed by atoms with Crippen LogP contribution < -0.4 is 5.69 Å². The van der Waals surface area contributed by atoms with Crippen LogP contribution in [0.4, 0.5) is 0 Å². The van der Waals surface area contributed by atoms with Gasteiger partial charge < -0.3 is 5.11 Å². The highest BCUT2D eigenvalue weighted by Crippen LogP contribution is 2.37. The van der Waals surface area contributed by atoms with Crippen LogP contribution in [-0.2, 0) is 0 Å². The lowest BCUT2D eigenvalue weighted by atomic mass is 10.3. The zero-order valence-corrected chi connectivity index (χ0v) is 10.4. The molecular formula is C10H9N5O3S. The highest BCUT2D eigenvalue weighted by atomic mass is 32.2. The molecule has 0 spiro atoms. The van der Waals surface area contributed by atoms with Gasteiger partial charge in [0.15, 0.2) is 5.16 Å². The number of carbonyl (C=O) groups is 1. The van der Waals surface area contributed by atoms with Gasteiger partial charge in [0.2, 0.25) is 0 Å².